The fourth-order valence-electron chi connectivity index (χ4n) is 4.74. The highest BCUT2D eigenvalue weighted by Crippen LogP contribution is 2.38. The van der Waals surface area contributed by atoms with Crippen LogP contribution in [0.25, 0.3) is 0 Å². The van der Waals surface area contributed by atoms with Crippen LogP contribution in [0.1, 0.15) is 52.2 Å². The van der Waals surface area contributed by atoms with Crippen molar-refractivity contribution >= 4 is 58.1 Å². The van der Waals surface area contributed by atoms with Crippen molar-refractivity contribution in [1.82, 2.24) is 4.90 Å². The molecule has 2 aromatic heterocycles. The number of ether oxygens (including phenoxy) is 2. The molecule has 0 radical (unpaired) electrons. The lowest BCUT2D eigenvalue weighted by atomic mass is 9.91. The van der Waals surface area contributed by atoms with Crippen molar-refractivity contribution in [2.24, 2.45) is 0 Å². The molecule has 0 unspecified atom stereocenters. The van der Waals surface area contributed by atoms with E-state index in [0.717, 1.165) is 12.8 Å². The minimum Gasteiger partial charge on any atom is -0.496 e. The highest BCUT2D eigenvalue weighted by atomic mass is 35.5. The normalized spacial score (nSPS) is 17.6. The Bertz CT molecular complexity index is 1240. The number of benzene rings is 1. The largest absolute Gasteiger partial charge is 0.496 e. The average Bonchev–Trinajstić information content (AvgIpc) is 3.68. The molecule has 1 fully saturated rings. The minimum atomic E-state index is -1.80. The van der Waals surface area contributed by atoms with Gasteiger partial charge in [-0.25, -0.2) is 4.79 Å². The number of carbonyl (C=O) groups is 3. The van der Waals surface area contributed by atoms with Crippen LogP contribution in [0.3, 0.4) is 0 Å². The van der Waals surface area contributed by atoms with Crippen LogP contribution in [-0.2, 0) is 19.9 Å². The second-order valence-corrected chi connectivity index (χ2v) is 11.8. The molecule has 2 heterocycles. The number of hydrogen-bond donors (Lipinski definition) is 2. The molecule has 8 nitrogen and oxygen atoms in total. The van der Waals surface area contributed by atoms with E-state index < -0.39 is 11.6 Å². The van der Waals surface area contributed by atoms with Gasteiger partial charge in [-0.15, -0.1) is 22.7 Å². The molecule has 0 saturated heterocycles. The van der Waals surface area contributed by atoms with Crippen LogP contribution < -0.4 is 10.1 Å². The lowest BCUT2D eigenvalue weighted by Gasteiger charge is -2.35. The number of nitrogens with one attached hydrogen (secondary N) is 1. The Morgan fingerprint density at radius 1 is 1.15 bits per heavy atom. The van der Waals surface area contributed by atoms with Crippen molar-refractivity contribution in [1.29, 1.82) is 0 Å². The molecule has 1 aliphatic rings. The number of carbonyl (C=O) groups excluding carboxylic acids is 3. The van der Waals surface area contributed by atoms with E-state index in [9.17, 15) is 19.5 Å². The molecule has 3 aromatic rings. The van der Waals surface area contributed by atoms with Crippen LogP contribution in [0.2, 0.25) is 5.02 Å². The van der Waals surface area contributed by atoms with Crippen LogP contribution in [0.15, 0.2) is 47.2 Å². The van der Waals surface area contributed by atoms with Gasteiger partial charge in [0.1, 0.15) is 11.9 Å². The molecule has 1 amide bonds. The van der Waals surface area contributed by atoms with E-state index in [4.69, 9.17) is 21.1 Å². The van der Waals surface area contributed by atoms with Crippen molar-refractivity contribution in [3.05, 3.63) is 67.5 Å². The fraction of sp³-hybridized carbons (Fsp3) is 0.393. The molecule has 1 aliphatic carbocycles. The number of amides is 1. The van der Waals surface area contributed by atoms with E-state index >= 15 is 0 Å². The SMILES string of the molecule is COc1cc(NC(=O)CCN(C)[C@H]2CC[C@H](OC(=O)C(O)(c3cccs3)c3cccs3)CC2)c(Cl)cc1C=O. The van der Waals surface area contributed by atoms with E-state index in [1.165, 1.54) is 41.9 Å². The molecule has 0 bridgehead atoms. The number of anilines is 1. The summed E-state index contributed by atoms with van der Waals surface area (Å²) in [6, 6.07) is 10.4. The molecule has 0 aliphatic heterocycles. The summed E-state index contributed by atoms with van der Waals surface area (Å²) in [7, 11) is 3.42. The number of halogens is 1. The molecule has 2 N–H and O–H groups in total. The number of methoxy groups -OCH3 is 1. The Morgan fingerprint density at radius 3 is 2.33 bits per heavy atom. The Balaban J connectivity index is 1.27. The lowest BCUT2D eigenvalue weighted by molar-refractivity contribution is -0.169. The second-order valence-electron chi connectivity index (χ2n) is 9.47. The van der Waals surface area contributed by atoms with Gasteiger partial charge in [0, 0.05) is 25.1 Å². The number of aldehydes is 1. The summed E-state index contributed by atoms with van der Waals surface area (Å²) in [6.45, 7) is 0.540. The maximum atomic E-state index is 13.2. The standard InChI is InChI=1S/C28H31ClN2O6S2/c1-31(12-11-26(33)30-22-16-23(36-2)18(17-32)15-21(22)29)19-7-9-20(10-8-19)37-27(34)28(35,24-5-3-13-38-24)25-6-4-14-39-25/h3-6,13-17,19-20,35H,7-12H2,1-2H3,(H,30,33)/t19-,20-. The first kappa shape index (κ1) is 29.2. The first-order chi connectivity index (χ1) is 18.8. The molecule has 11 heteroatoms. The third-order valence-corrected chi connectivity index (χ3v) is 9.27. The molecule has 0 spiro atoms. The van der Waals surface area contributed by atoms with E-state index in [2.05, 4.69) is 10.2 Å². The van der Waals surface area contributed by atoms with Gasteiger partial charge in [0.05, 0.1) is 33.1 Å². The Labute approximate surface area is 240 Å². The zero-order chi connectivity index (χ0) is 28.0. The van der Waals surface area contributed by atoms with E-state index in [1.807, 2.05) is 29.9 Å². The zero-order valence-electron chi connectivity index (χ0n) is 21.7. The topological polar surface area (TPSA) is 105 Å². The minimum absolute atomic E-state index is 0.200. The summed E-state index contributed by atoms with van der Waals surface area (Å²) in [4.78, 5) is 40.2. The summed E-state index contributed by atoms with van der Waals surface area (Å²) >= 11 is 8.86. The van der Waals surface area contributed by atoms with Crippen LogP contribution in [0.4, 0.5) is 5.69 Å². The first-order valence-electron chi connectivity index (χ1n) is 12.6. The monoisotopic (exact) mass is 590 g/mol. The maximum absolute atomic E-state index is 13.2. The van der Waals surface area contributed by atoms with Crippen LogP contribution >= 0.6 is 34.3 Å². The number of esters is 1. The summed E-state index contributed by atoms with van der Waals surface area (Å²) in [5.41, 5.74) is -1.10. The first-order valence-corrected chi connectivity index (χ1v) is 14.7. The van der Waals surface area contributed by atoms with E-state index in [0.29, 0.717) is 52.4 Å². The number of nitrogens with zero attached hydrogens (tertiary/aromatic N) is 1. The fourth-order valence-corrected chi connectivity index (χ4v) is 6.67. The van der Waals surface area contributed by atoms with Crippen LogP contribution in [0.5, 0.6) is 5.75 Å². The molecule has 0 atom stereocenters. The number of rotatable bonds is 11. The Hall–Kier alpha value is -2.76. The molecule has 1 aromatic carbocycles. The van der Waals surface area contributed by atoms with Gasteiger partial charge in [0.15, 0.2) is 6.29 Å². The lowest BCUT2D eigenvalue weighted by Crippen LogP contribution is -2.42. The third kappa shape index (κ3) is 6.70. The molecule has 4 rings (SSSR count). The van der Waals surface area contributed by atoms with Crippen molar-refractivity contribution in [2.75, 3.05) is 26.0 Å². The highest BCUT2D eigenvalue weighted by molar-refractivity contribution is 7.12. The molecular formula is C28H31ClN2O6S2. The van der Waals surface area contributed by atoms with Gasteiger partial charge in [-0.3, -0.25) is 9.59 Å². The van der Waals surface area contributed by atoms with Crippen molar-refractivity contribution in [2.45, 2.75) is 49.9 Å². The molecular weight excluding hydrogens is 560 g/mol. The van der Waals surface area contributed by atoms with Crippen molar-refractivity contribution in [3.63, 3.8) is 0 Å². The van der Waals surface area contributed by atoms with Gasteiger partial charge in [-0.2, -0.15) is 0 Å². The number of thiophene rings is 2. The van der Waals surface area contributed by atoms with Gasteiger partial charge < -0.3 is 24.8 Å². The summed E-state index contributed by atoms with van der Waals surface area (Å²) in [5, 5.41) is 18.2. The van der Waals surface area contributed by atoms with Gasteiger partial charge >= 0.3 is 5.97 Å². The van der Waals surface area contributed by atoms with Crippen molar-refractivity contribution in [3.8, 4) is 5.75 Å². The number of aliphatic hydroxyl groups is 1. The Kier molecular flexibility index (Phi) is 9.79. The highest BCUT2D eigenvalue weighted by Gasteiger charge is 2.45. The predicted octanol–water partition coefficient (Wildman–Crippen LogP) is 5.34. The summed E-state index contributed by atoms with van der Waals surface area (Å²) in [6.07, 6.45) is 3.60. The van der Waals surface area contributed by atoms with Crippen LogP contribution in [0, 0.1) is 0 Å². The molecule has 208 valence electrons. The quantitative estimate of drug-likeness (QED) is 0.229. The van der Waals surface area contributed by atoms with Gasteiger partial charge in [-0.1, -0.05) is 23.7 Å². The van der Waals surface area contributed by atoms with Gasteiger partial charge in [-0.05, 0) is 61.7 Å². The predicted molar refractivity (Wildman–Crippen MR) is 153 cm³/mol. The van der Waals surface area contributed by atoms with E-state index in [1.54, 1.807) is 12.1 Å². The van der Waals surface area contributed by atoms with Gasteiger partial charge in [0.2, 0.25) is 11.5 Å². The second kappa shape index (κ2) is 13.1. The number of hydrogen-bond acceptors (Lipinski definition) is 9. The van der Waals surface area contributed by atoms with Gasteiger partial charge in [0.25, 0.3) is 0 Å². The smallest absolute Gasteiger partial charge is 0.349 e. The molecule has 1 saturated carbocycles. The average molecular weight is 591 g/mol. The third-order valence-electron chi connectivity index (χ3n) is 7.00. The summed E-state index contributed by atoms with van der Waals surface area (Å²) in [5.74, 6) is -0.505. The van der Waals surface area contributed by atoms with E-state index in [-0.39, 0.29) is 29.5 Å². The van der Waals surface area contributed by atoms with Crippen molar-refractivity contribution < 1.29 is 29.0 Å². The van der Waals surface area contributed by atoms with Crippen LogP contribution in [-0.4, -0.2) is 61.0 Å². The molecule has 39 heavy (non-hydrogen) atoms. The maximum Gasteiger partial charge on any atom is 0.349 e. The Morgan fingerprint density at radius 2 is 1.79 bits per heavy atom. The zero-order valence-corrected chi connectivity index (χ0v) is 24.1. The summed E-state index contributed by atoms with van der Waals surface area (Å²) < 4.78 is 11.0.